The van der Waals surface area contributed by atoms with Gasteiger partial charge in [-0.1, -0.05) is 30.4 Å². The smallest absolute Gasteiger partial charge is 0.0575 e. The Hall–Kier alpha value is -0.690. The van der Waals surface area contributed by atoms with E-state index in [4.69, 9.17) is 0 Å². The SMILES string of the molecule is Cc1cccc2c1[C@@]1(C)C=C[C@@H]2S1. The summed E-state index contributed by atoms with van der Waals surface area (Å²) in [6.45, 7) is 4.55. The normalized spacial score (nSPS) is 33.8. The standard InChI is InChI=1S/C12H12S/c1-8-4-3-5-9-10-6-7-12(2,13-10)11(8)9/h3-7,10H,1-2H3/t10-,12+/m0/s1. The molecule has 0 fully saturated rings. The highest BCUT2D eigenvalue weighted by Crippen LogP contribution is 2.61. The molecular formula is C12H12S. The van der Waals surface area contributed by atoms with Crippen LogP contribution in [0.2, 0.25) is 0 Å². The molecule has 1 heteroatoms. The molecule has 0 nitrogen and oxygen atoms in total. The van der Waals surface area contributed by atoms with Gasteiger partial charge in [0.1, 0.15) is 0 Å². The summed E-state index contributed by atoms with van der Waals surface area (Å²) in [5.74, 6) is 0. The number of hydrogen-bond donors (Lipinski definition) is 0. The van der Waals surface area contributed by atoms with Crippen LogP contribution in [-0.2, 0) is 4.75 Å². The van der Waals surface area contributed by atoms with Gasteiger partial charge in [0, 0.05) is 5.25 Å². The first kappa shape index (κ1) is 7.69. The summed E-state index contributed by atoms with van der Waals surface area (Å²) in [5.41, 5.74) is 4.54. The molecule has 1 aromatic rings. The maximum absolute atomic E-state index is 2.36. The maximum Gasteiger partial charge on any atom is 0.0575 e. The minimum Gasteiger partial charge on any atom is -0.134 e. The third-order valence-corrected chi connectivity index (χ3v) is 4.56. The number of aryl methyl sites for hydroxylation is 1. The van der Waals surface area contributed by atoms with E-state index in [1.54, 1.807) is 5.56 Å². The van der Waals surface area contributed by atoms with E-state index < -0.39 is 0 Å². The van der Waals surface area contributed by atoms with Crippen molar-refractivity contribution in [2.24, 2.45) is 0 Å². The highest BCUT2D eigenvalue weighted by atomic mass is 32.2. The lowest BCUT2D eigenvalue weighted by atomic mass is 9.86. The minimum absolute atomic E-state index is 0.269. The first-order valence-corrected chi connectivity index (χ1v) is 5.56. The van der Waals surface area contributed by atoms with Crippen molar-refractivity contribution in [1.82, 2.24) is 0 Å². The molecule has 0 aliphatic carbocycles. The molecule has 1 aromatic carbocycles. The second kappa shape index (κ2) is 2.21. The molecule has 3 rings (SSSR count). The molecule has 0 N–H and O–H groups in total. The summed E-state index contributed by atoms with van der Waals surface area (Å²) in [5, 5.41) is 0.625. The predicted molar refractivity (Wildman–Crippen MR) is 58.0 cm³/mol. The Morgan fingerprint density at radius 3 is 3.00 bits per heavy atom. The molecule has 66 valence electrons. The fraction of sp³-hybridized carbons (Fsp3) is 0.333. The highest BCUT2D eigenvalue weighted by Gasteiger charge is 2.43. The monoisotopic (exact) mass is 188 g/mol. The summed E-state index contributed by atoms with van der Waals surface area (Å²) < 4.78 is 0.269. The first-order chi connectivity index (χ1) is 6.21. The zero-order valence-electron chi connectivity index (χ0n) is 7.87. The van der Waals surface area contributed by atoms with Crippen molar-refractivity contribution < 1.29 is 0 Å². The van der Waals surface area contributed by atoms with E-state index >= 15 is 0 Å². The molecule has 0 saturated heterocycles. The molecule has 2 heterocycles. The van der Waals surface area contributed by atoms with Gasteiger partial charge in [0.25, 0.3) is 0 Å². The topological polar surface area (TPSA) is 0 Å². The number of rotatable bonds is 0. The van der Waals surface area contributed by atoms with E-state index in [-0.39, 0.29) is 4.75 Å². The fourth-order valence-corrected chi connectivity index (χ4v) is 4.09. The van der Waals surface area contributed by atoms with E-state index in [2.05, 4.69) is 56.0 Å². The Bertz CT molecular complexity index is 406. The minimum atomic E-state index is 0.269. The van der Waals surface area contributed by atoms with Crippen LogP contribution in [0.3, 0.4) is 0 Å². The van der Waals surface area contributed by atoms with Crippen LogP contribution in [0.4, 0.5) is 0 Å². The van der Waals surface area contributed by atoms with Crippen LogP contribution in [0, 0.1) is 6.92 Å². The first-order valence-electron chi connectivity index (χ1n) is 4.68. The van der Waals surface area contributed by atoms with Crippen LogP contribution < -0.4 is 0 Å². The predicted octanol–water partition coefficient (Wildman–Crippen LogP) is 3.57. The summed E-state index contributed by atoms with van der Waals surface area (Å²) in [7, 11) is 0. The van der Waals surface area contributed by atoms with Gasteiger partial charge in [-0.25, -0.2) is 0 Å². The Morgan fingerprint density at radius 2 is 2.23 bits per heavy atom. The molecule has 0 aromatic heterocycles. The maximum atomic E-state index is 2.36. The highest BCUT2D eigenvalue weighted by molar-refractivity contribution is 8.01. The molecule has 0 spiro atoms. The van der Waals surface area contributed by atoms with Crippen LogP contribution in [0.1, 0.15) is 28.9 Å². The summed E-state index contributed by atoms with van der Waals surface area (Å²) in [6, 6.07) is 6.67. The Kier molecular flexibility index (Phi) is 1.31. The van der Waals surface area contributed by atoms with Crippen molar-refractivity contribution in [1.29, 1.82) is 0 Å². The second-order valence-electron chi connectivity index (χ2n) is 4.04. The van der Waals surface area contributed by atoms with E-state index in [9.17, 15) is 0 Å². The summed E-state index contributed by atoms with van der Waals surface area (Å²) in [6.07, 6.45) is 4.70. The van der Waals surface area contributed by atoms with Gasteiger partial charge < -0.3 is 0 Å². The van der Waals surface area contributed by atoms with E-state index in [0.717, 1.165) is 0 Å². The molecule has 2 atom stereocenters. The number of hydrogen-bond acceptors (Lipinski definition) is 1. The van der Waals surface area contributed by atoms with Crippen molar-refractivity contribution in [3.05, 3.63) is 47.0 Å². The van der Waals surface area contributed by atoms with Gasteiger partial charge in [-0.3, -0.25) is 0 Å². The van der Waals surface area contributed by atoms with Gasteiger partial charge in [-0.15, -0.1) is 11.8 Å². The van der Waals surface area contributed by atoms with Crippen LogP contribution in [0.5, 0.6) is 0 Å². The van der Waals surface area contributed by atoms with Gasteiger partial charge in [0.2, 0.25) is 0 Å². The summed E-state index contributed by atoms with van der Waals surface area (Å²) >= 11 is 2.07. The molecule has 2 aliphatic heterocycles. The Morgan fingerprint density at radius 1 is 1.38 bits per heavy atom. The average Bonchev–Trinajstić information content (AvgIpc) is 2.59. The Labute approximate surface area is 83.0 Å². The summed E-state index contributed by atoms with van der Waals surface area (Å²) in [4.78, 5) is 0. The van der Waals surface area contributed by atoms with Gasteiger partial charge in [0.05, 0.1) is 4.75 Å². The van der Waals surface area contributed by atoms with Gasteiger partial charge >= 0.3 is 0 Å². The molecule has 2 aliphatic rings. The third-order valence-electron chi connectivity index (χ3n) is 3.07. The van der Waals surface area contributed by atoms with Crippen LogP contribution in [0.25, 0.3) is 0 Å². The lowest BCUT2D eigenvalue weighted by Gasteiger charge is -2.20. The zero-order valence-corrected chi connectivity index (χ0v) is 8.69. The lowest BCUT2D eigenvalue weighted by Crippen LogP contribution is -2.11. The molecule has 0 radical (unpaired) electrons. The molecule has 0 amide bonds. The Balaban J connectivity index is 2.34. The van der Waals surface area contributed by atoms with Crippen LogP contribution in [-0.4, -0.2) is 0 Å². The van der Waals surface area contributed by atoms with Crippen molar-refractivity contribution in [2.45, 2.75) is 23.8 Å². The van der Waals surface area contributed by atoms with Crippen molar-refractivity contribution in [3.63, 3.8) is 0 Å². The number of fused-ring (bicyclic) bond motifs is 5. The van der Waals surface area contributed by atoms with E-state index in [1.165, 1.54) is 11.1 Å². The van der Waals surface area contributed by atoms with Crippen molar-refractivity contribution in [3.8, 4) is 0 Å². The average molecular weight is 188 g/mol. The zero-order chi connectivity index (χ0) is 9.05. The fourth-order valence-electron chi connectivity index (χ4n) is 2.53. The molecular weight excluding hydrogens is 176 g/mol. The van der Waals surface area contributed by atoms with Gasteiger partial charge in [-0.05, 0) is 30.5 Å². The largest absolute Gasteiger partial charge is 0.134 e. The van der Waals surface area contributed by atoms with Gasteiger partial charge in [-0.2, -0.15) is 0 Å². The van der Waals surface area contributed by atoms with Crippen LogP contribution in [0.15, 0.2) is 30.4 Å². The van der Waals surface area contributed by atoms with Crippen molar-refractivity contribution >= 4 is 11.8 Å². The second-order valence-corrected chi connectivity index (χ2v) is 5.64. The van der Waals surface area contributed by atoms with E-state index in [1.807, 2.05) is 0 Å². The van der Waals surface area contributed by atoms with E-state index in [0.29, 0.717) is 5.25 Å². The molecule has 2 bridgehead atoms. The van der Waals surface area contributed by atoms with Gasteiger partial charge in [0.15, 0.2) is 0 Å². The molecule has 13 heavy (non-hydrogen) atoms. The molecule has 0 unspecified atom stereocenters. The number of thioether (sulfide) groups is 1. The lowest BCUT2D eigenvalue weighted by molar-refractivity contribution is 0.868. The third kappa shape index (κ3) is 0.833. The molecule has 0 saturated carbocycles. The number of benzene rings is 1. The van der Waals surface area contributed by atoms with Crippen molar-refractivity contribution in [2.75, 3.05) is 0 Å². The quantitative estimate of drug-likeness (QED) is 0.561. The van der Waals surface area contributed by atoms with Crippen LogP contribution >= 0.6 is 11.8 Å².